The summed E-state index contributed by atoms with van der Waals surface area (Å²) in [4.78, 5) is 25.2. The SMILES string of the molecule is CC/C=C\C/C=C\C/C=C\C/C=C\CCCCCCCCCCC(=O)OC(COCCCCCCCCCC/C=C\C/C=C\CCCCC)COP(=O)([O-])OCC[N+](C)(C)C. The van der Waals surface area contributed by atoms with Crippen LogP contribution in [-0.4, -0.2) is 70.7 Å². The van der Waals surface area contributed by atoms with Gasteiger partial charge in [-0.2, -0.15) is 0 Å². The van der Waals surface area contributed by atoms with E-state index in [0.29, 0.717) is 24.1 Å². The predicted molar refractivity (Wildman–Crippen MR) is 259 cm³/mol. The van der Waals surface area contributed by atoms with Crippen LogP contribution >= 0.6 is 7.82 Å². The van der Waals surface area contributed by atoms with Crippen molar-refractivity contribution in [3.63, 3.8) is 0 Å². The number of ether oxygens (including phenoxy) is 2. The first kappa shape index (κ1) is 58.9. The van der Waals surface area contributed by atoms with Crippen molar-refractivity contribution in [1.29, 1.82) is 0 Å². The van der Waals surface area contributed by atoms with E-state index in [1.54, 1.807) is 0 Å². The van der Waals surface area contributed by atoms with Crippen LogP contribution in [0.2, 0.25) is 0 Å². The summed E-state index contributed by atoms with van der Waals surface area (Å²) in [5, 5.41) is 0. The lowest BCUT2D eigenvalue weighted by molar-refractivity contribution is -0.870. The van der Waals surface area contributed by atoms with Gasteiger partial charge in [-0.3, -0.25) is 9.36 Å². The molecule has 9 heteroatoms. The zero-order valence-electron chi connectivity index (χ0n) is 40.1. The highest BCUT2D eigenvalue weighted by atomic mass is 31.2. The Morgan fingerprint density at radius 2 is 0.951 bits per heavy atom. The van der Waals surface area contributed by atoms with Crippen LogP contribution in [0.15, 0.2) is 72.9 Å². The summed E-state index contributed by atoms with van der Waals surface area (Å²) in [6.07, 6.45) is 57.7. The number of allylic oxidation sites excluding steroid dienone is 12. The first-order valence-electron chi connectivity index (χ1n) is 24.7. The minimum atomic E-state index is -4.54. The smallest absolute Gasteiger partial charge is 0.306 e. The maximum atomic E-state index is 12.7. The summed E-state index contributed by atoms with van der Waals surface area (Å²) in [7, 11) is 1.34. The molecule has 0 amide bonds. The second-order valence-corrected chi connectivity index (χ2v) is 18.8. The van der Waals surface area contributed by atoms with Crippen LogP contribution in [0.4, 0.5) is 0 Å². The fourth-order valence-electron chi connectivity index (χ4n) is 6.45. The van der Waals surface area contributed by atoms with Gasteiger partial charge in [0.1, 0.15) is 19.3 Å². The lowest BCUT2D eigenvalue weighted by Crippen LogP contribution is -2.37. The van der Waals surface area contributed by atoms with Gasteiger partial charge in [-0.1, -0.05) is 177 Å². The lowest BCUT2D eigenvalue weighted by atomic mass is 10.1. The third kappa shape index (κ3) is 48.8. The van der Waals surface area contributed by atoms with Crippen molar-refractivity contribution in [2.24, 2.45) is 0 Å². The van der Waals surface area contributed by atoms with Crippen molar-refractivity contribution in [2.45, 2.75) is 200 Å². The maximum Gasteiger partial charge on any atom is 0.306 e. The van der Waals surface area contributed by atoms with Crippen molar-refractivity contribution in [2.75, 3.05) is 54.1 Å². The lowest BCUT2D eigenvalue weighted by Gasteiger charge is -2.28. The van der Waals surface area contributed by atoms with E-state index in [9.17, 15) is 14.3 Å². The molecule has 0 aliphatic heterocycles. The molecule has 0 aliphatic rings. The van der Waals surface area contributed by atoms with E-state index in [1.807, 2.05) is 21.1 Å². The summed E-state index contributed by atoms with van der Waals surface area (Å²) in [6.45, 7) is 5.25. The molecule has 0 heterocycles. The Balaban J connectivity index is 4.21. The molecule has 0 aromatic heterocycles. The van der Waals surface area contributed by atoms with Gasteiger partial charge < -0.3 is 27.9 Å². The van der Waals surface area contributed by atoms with Gasteiger partial charge in [-0.25, -0.2) is 0 Å². The molecular formula is C52H94NO7P. The van der Waals surface area contributed by atoms with Crippen LogP contribution in [0, 0.1) is 0 Å². The number of phosphoric acid groups is 1. The first-order chi connectivity index (χ1) is 29.6. The molecule has 0 saturated heterocycles. The summed E-state index contributed by atoms with van der Waals surface area (Å²) in [5.41, 5.74) is 0. The van der Waals surface area contributed by atoms with E-state index in [2.05, 4.69) is 86.8 Å². The maximum absolute atomic E-state index is 12.7. The molecule has 8 nitrogen and oxygen atoms in total. The molecule has 0 spiro atoms. The Bertz CT molecular complexity index is 1200. The highest BCUT2D eigenvalue weighted by Crippen LogP contribution is 2.38. The van der Waals surface area contributed by atoms with E-state index >= 15 is 0 Å². The molecule has 0 aromatic rings. The number of rotatable bonds is 45. The third-order valence-electron chi connectivity index (χ3n) is 10.2. The zero-order chi connectivity index (χ0) is 44.8. The van der Waals surface area contributed by atoms with Crippen LogP contribution in [-0.2, 0) is 27.9 Å². The summed E-state index contributed by atoms with van der Waals surface area (Å²) in [6, 6.07) is 0. The third-order valence-corrected chi connectivity index (χ3v) is 11.2. The number of carbonyl (C=O) groups is 1. The minimum Gasteiger partial charge on any atom is -0.756 e. The molecule has 0 aliphatic carbocycles. The largest absolute Gasteiger partial charge is 0.756 e. The molecule has 354 valence electrons. The molecule has 2 atom stereocenters. The summed E-state index contributed by atoms with van der Waals surface area (Å²) >= 11 is 0. The molecule has 0 fully saturated rings. The van der Waals surface area contributed by atoms with E-state index in [0.717, 1.165) is 70.6 Å². The van der Waals surface area contributed by atoms with E-state index in [-0.39, 0.29) is 25.8 Å². The molecular weight excluding hydrogens is 782 g/mol. The monoisotopic (exact) mass is 876 g/mol. The van der Waals surface area contributed by atoms with Crippen LogP contribution in [0.1, 0.15) is 194 Å². The fraction of sp³-hybridized carbons (Fsp3) is 0.750. The van der Waals surface area contributed by atoms with Crippen molar-refractivity contribution in [3.8, 4) is 0 Å². The van der Waals surface area contributed by atoms with Gasteiger partial charge >= 0.3 is 5.97 Å². The van der Waals surface area contributed by atoms with Gasteiger partial charge in [-0.15, -0.1) is 0 Å². The van der Waals surface area contributed by atoms with Crippen molar-refractivity contribution >= 4 is 13.8 Å². The average molecular weight is 876 g/mol. The van der Waals surface area contributed by atoms with E-state index < -0.39 is 13.9 Å². The molecule has 2 unspecified atom stereocenters. The molecule has 0 aromatic carbocycles. The van der Waals surface area contributed by atoms with Gasteiger partial charge in [0.2, 0.25) is 0 Å². The number of likely N-dealkylation sites (N-methyl/N-ethyl adjacent to an activating group) is 1. The summed E-state index contributed by atoms with van der Waals surface area (Å²) < 4.78 is 34.7. The van der Waals surface area contributed by atoms with Gasteiger partial charge in [0.05, 0.1) is 34.4 Å². The average Bonchev–Trinajstić information content (AvgIpc) is 3.22. The molecule has 0 saturated carbocycles. The Hall–Kier alpha value is -2.06. The summed E-state index contributed by atoms with van der Waals surface area (Å²) in [5.74, 6) is -0.346. The van der Waals surface area contributed by atoms with Crippen LogP contribution < -0.4 is 4.89 Å². The first-order valence-corrected chi connectivity index (χ1v) is 26.1. The van der Waals surface area contributed by atoms with Crippen LogP contribution in [0.3, 0.4) is 0 Å². The molecule has 61 heavy (non-hydrogen) atoms. The Labute approximate surface area is 376 Å². The standard InChI is InChI=1S/C52H94NO7P/c1-6-8-10-12-14-16-18-20-22-24-26-27-28-29-31-33-35-37-39-41-43-45-52(54)60-51(50-59-61(55,56)58-48-46-53(3,4)5)49-57-47-44-42-40-38-36-34-32-30-25-23-21-19-17-15-13-11-9-7-2/h8,10,14-17,20-23,26-27,51H,6-7,9,11-13,18-19,24-25,28-50H2,1-5H3/b10-8-,16-14-,17-15-,22-20-,23-21-,27-26-. The quantitative estimate of drug-likeness (QED) is 0.0198. The molecule has 0 N–H and O–H groups in total. The van der Waals surface area contributed by atoms with E-state index in [4.69, 9.17) is 18.5 Å². The normalized spacial score (nSPS) is 14.3. The Morgan fingerprint density at radius 3 is 1.43 bits per heavy atom. The number of unbranched alkanes of at least 4 members (excludes halogenated alkanes) is 19. The van der Waals surface area contributed by atoms with Crippen LogP contribution in [0.25, 0.3) is 0 Å². The van der Waals surface area contributed by atoms with Crippen molar-refractivity contribution in [1.82, 2.24) is 0 Å². The van der Waals surface area contributed by atoms with E-state index in [1.165, 1.54) is 103 Å². The number of esters is 1. The number of quaternary nitrogens is 1. The molecule has 0 bridgehead atoms. The van der Waals surface area contributed by atoms with Crippen molar-refractivity contribution in [3.05, 3.63) is 72.9 Å². The fourth-order valence-corrected chi connectivity index (χ4v) is 7.18. The van der Waals surface area contributed by atoms with Gasteiger partial charge in [-0.05, 0) is 83.5 Å². The number of hydrogen-bond acceptors (Lipinski definition) is 7. The minimum absolute atomic E-state index is 0.0198. The number of nitrogens with zero attached hydrogens (tertiary/aromatic N) is 1. The molecule has 0 radical (unpaired) electrons. The van der Waals surface area contributed by atoms with Gasteiger partial charge in [0.15, 0.2) is 0 Å². The predicted octanol–water partition coefficient (Wildman–Crippen LogP) is 14.4. The zero-order valence-corrected chi connectivity index (χ0v) is 41.0. The second kappa shape index (κ2) is 44.5. The highest BCUT2D eigenvalue weighted by molar-refractivity contribution is 7.45. The van der Waals surface area contributed by atoms with Crippen molar-refractivity contribution < 1.29 is 37.3 Å². The Morgan fingerprint density at radius 1 is 0.525 bits per heavy atom. The number of carbonyl (C=O) groups excluding carboxylic acids is 1. The number of phosphoric ester groups is 1. The molecule has 0 rings (SSSR count). The van der Waals surface area contributed by atoms with Crippen LogP contribution in [0.5, 0.6) is 0 Å². The number of hydrogen-bond donors (Lipinski definition) is 0. The Kier molecular flexibility index (Phi) is 43.0. The van der Waals surface area contributed by atoms with Gasteiger partial charge in [0, 0.05) is 13.0 Å². The van der Waals surface area contributed by atoms with Gasteiger partial charge in [0.25, 0.3) is 7.82 Å². The second-order valence-electron chi connectivity index (χ2n) is 17.4. The highest BCUT2D eigenvalue weighted by Gasteiger charge is 2.20. The topological polar surface area (TPSA) is 94.1 Å².